The van der Waals surface area contributed by atoms with Gasteiger partial charge in [-0.1, -0.05) is 50.3 Å². The standard InChI is InChI=1S/C20H19N3O2S2/c1-20(2,3)13-6-8-15(9-7-13)25-12-14-11-17(24)23-19(21-14)27-18(22-23)16-5-4-10-26-16/h4-11H,12H2,1-3H3. The van der Waals surface area contributed by atoms with Crippen molar-refractivity contribution in [2.24, 2.45) is 0 Å². The van der Waals surface area contributed by atoms with Gasteiger partial charge in [0, 0.05) is 6.07 Å². The summed E-state index contributed by atoms with van der Waals surface area (Å²) in [5.74, 6) is 0.758. The second-order valence-electron chi connectivity index (χ2n) is 7.23. The summed E-state index contributed by atoms with van der Waals surface area (Å²) >= 11 is 3.00. The fraction of sp³-hybridized carbons (Fsp3) is 0.250. The molecular formula is C20H19N3O2S2. The van der Waals surface area contributed by atoms with Crippen molar-refractivity contribution < 1.29 is 4.74 Å². The summed E-state index contributed by atoms with van der Waals surface area (Å²) in [7, 11) is 0. The van der Waals surface area contributed by atoms with Crippen LogP contribution in [0.15, 0.2) is 52.6 Å². The fourth-order valence-electron chi connectivity index (χ4n) is 2.64. The Balaban J connectivity index is 1.55. The van der Waals surface area contributed by atoms with Gasteiger partial charge in [0.1, 0.15) is 12.4 Å². The van der Waals surface area contributed by atoms with Crippen molar-refractivity contribution in [2.45, 2.75) is 32.8 Å². The molecule has 0 aliphatic rings. The monoisotopic (exact) mass is 397 g/mol. The van der Waals surface area contributed by atoms with Crippen molar-refractivity contribution in [3.63, 3.8) is 0 Å². The average molecular weight is 398 g/mol. The molecule has 0 unspecified atom stereocenters. The maximum atomic E-state index is 12.4. The minimum absolute atomic E-state index is 0.103. The highest BCUT2D eigenvalue weighted by molar-refractivity contribution is 7.23. The van der Waals surface area contributed by atoms with Crippen LogP contribution in [0.5, 0.6) is 5.75 Å². The first-order valence-electron chi connectivity index (χ1n) is 8.57. The maximum absolute atomic E-state index is 12.4. The van der Waals surface area contributed by atoms with Gasteiger partial charge >= 0.3 is 0 Å². The molecule has 0 radical (unpaired) electrons. The number of rotatable bonds is 4. The van der Waals surface area contributed by atoms with Crippen LogP contribution in [-0.2, 0) is 12.0 Å². The highest BCUT2D eigenvalue weighted by Gasteiger charge is 2.14. The fourth-order valence-corrected chi connectivity index (χ4v) is 4.35. The summed E-state index contributed by atoms with van der Waals surface area (Å²) in [6.45, 7) is 6.77. The van der Waals surface area contributed by atoms with Crippen molar-refractivity contribution in [1.82, 2.24) is 14.6 Å². The summed E-state index contributed by atoms with van der Waals surface area (Å²) in [6.07, 6.45) is 0. The summed E-state index contributed by atoms with van der Waals surface area (Å²) in [5, 5.41) is 7.16. The summed E-state index contributed by atoms with van der Waals surface area (Å²) in [4.78, 5) is 18.5. The van der Waals surface area contributed by atoms with E-state index < -0.39 is 0 Å². The predicted octanol–water partition coefficient (Wildman–Crippen LogP) is 4.76. The van der Waals surface area contributed by atoms with E-state index in [-0.39, 0.29) is 17.6 Å². The van der Waals surface area contributed by atoms with Crippen molar-refractivity contribution in [1.29, 1.82) is 0 Å². The zero-order chi connectivity index (χ0) is 19.0. The average Bonchev–Trinajstić information content (AvgIpc) is 3.29. The second-order valence-corrected chi connectivity index (χ2v) is 9.13. The number of benzene rings is 1. The van der Waals surface area contributed by atoms with Crippen molar-refractivity contribution in [3.8, 4) is 15.6 Å². The van der Waals surface area contributed by atoms with Crippen molar-refractivity contribution in [3.05, 3.63) is 69.5 Å². The van der Waals surface area contributed by atoms with E-state index in [1.165, 1.54) is 27.5 Å². The molecule has 0 saturated heterocycles. The van der Waals surface area contributed by atoms with Gasteiger partial charge < -0.3 is 4.74 Å². The van der Waals surface area contributed by atoms with Crippen LogP contribution < -0.4 is 10.3 Å². The Hall–Kier alpha value is -2.51. The first-order valence-corrected chi connectivity index (χ1v) is 10.3. The third-order valence-electron chi connectivity index (χ3n) is 4.14. The molecular weight excluding hydrogens is 378 g/mol. The molecule has 0 spiro atoms. The van der Waals surface area contributed by atoms with Gasteiger partial charge in [0.05, 0.1) is 10.6 Å². The Bertz CT molecular complexity index is 1120. The van der Waals surface area contributed by atoms with Crippen LogP contribution in [0.2, 0.25) is 0 Å². The number of aromatic nitrogens is 3. The highest BCUT2D eigenvalue weighted by atomic mass is 32.1. The molecule has 27 heavy (non-hydrogen) atoms. The van der Waals surface area contributed by atoms with E-state index in [4.69, 9.17) is 4.74 Å². The molecule has 138 valence electrons. The molecule has 3 aromatic heterocycles. The van der Waals surface area contributed by atoms with Crippen LogP contribution in [0.1, 0.15) is 32.0 Å². The molecule has 7 heteroatoms. The van der Waals surface area contributed by atoms with Crippen LogP contribution >= 0.6 is 22.7 Å². The smallest absolute Gasteiger partial charge is 0.275 e. The lowest BCUT2D eigenvalue weighted by Crippen LogP contribution is -2.16. The molecule has 0 fully saturated rings. The Morgan fingerprint density at radius 3 is 2.59 bits per heavy atom. The Kier molecular flexibility index (Phi) is 4.57. The number of ether oxygens (including phenoxy) is 1. The molecule has 0 saturated carbocycles. The van der Waals surface area contributed by atoms with E-state index in [9.17, 15) is 4.79 Å². The van der Waals surface area contributed by atoms with Crippen molar-refractivity contribution in [2.75, 3.05) is 0 Å². The van der Waals surface area contributed by atoms with Gasteiger partial charge in [0.15, 0.2) is 5.01 Å². The molecule has 0 aliphatic heterocycles. The number of fused-ring (bicyclic) bond motifs is 1. The summed E-state index contributed by atoms with van der Waals surface area (Å²) in [6, 6.07) is 13.5. The molecule has 0 bridgehead atoms. The van der Waals surface area contributed by atoms with E-state index in [1.54, 1.807) is 11.3 Å². The van der Waals surface area contributed by atoms with Gasteiger partial charge in [0.25, 0.3) is 5.56 Å². The van der Waals surface area contributed by atoms with Crippen LogP contribution in [0.4, 0.5) is 0 Å². The number of nitrogens with zero attached hydrogens (tertiary/aromatic N) is 3. The van der Waals surface area contributed by atoms with Crippen molar-refractivity contribution >= 4 is 27.6 Å². The third-order valence-corrected chi connectivity index (χ3v) is 6.08. The van der Waals surface area contributed by atoms with Gasteiger partial charge in [0.2, 0.25) is 4.96 Å². The normalized spacial score (nSPS) is 11.8. The van der Waals surface area contributed by atoms with Crippen LogP contribution in [0.3, 0.4) is 0 Å². The summed E-state index contributed by atoms with van der Waals surface area (Å²) < 4.78 is 7.17. The minimum atomic E-state index is -0.194. The van der Waals surface area contributed by atoms with Gasteiger partial charge in [-0.3, -0.25) is 4.79 Å². The van der Waals surface area contributed by atoms with Crippen LogP contribution in [-0.4, -0.2) is 14.6 Å². The lowest BCUT2D eigenvalue weighted by molar-refractivity contribution is 0.301. The quantitative estimate of drug-likeness (QED) is 0.498. The molecule has 1 aromatic carbocycles. The molecule has 0 aliphatic carbocycles. The molecule has 0 amide bonds. The molecule has 4 rings (SSSR count). The van der Waals surface area contributed by atoms with E-state index in [0.717, 1.165) is 15.6 Å². The third kappa shape index (κ3) is 3.79. The Labute approximate surface area is 164 Å². The SMILES string of the molecule is CC(C)(C)c1ccc(OCc2cc(=O)n3nc(-c4cccs4)sc3n2)cc1. The predicted molar refractivity (Wildman–Crippen MR) is 110 cm³/mol. The molecule has 0 atom stereocenters. The number of hydrogen-bond donors (Lipinski definition) is 0. The summed E-state index contributed by atoms with van der Waals surface area (Å²) in [5.41, 5.74) is 1.76. The highest BCUT2D eigenvalue weighted by Crippen LogP contribution is 2.28. The van der Waals surface area contributed by atoms with Gasteiger partial charge in [-0.05, 0) is 34.6 Å². The Morgan fingerprint density at radius 2 is 1.93 bits per heavy atom. The largest absolute Gasteiger partial charge is 0.487 e. The lowest BCUT2D eigenvalue weighted by atomic mass is 9.87. The van der Waals surface area contributed by atoms with Crippen LogP contribution in [0, 0.1) is 0 Å². The van der Waals surface area contributed by atoms with E-state index >= 15 is 0 Å². The van der Waals surface area contributed by atoms with Gasteiger partial charge in [-0.25, -0.2) is 4.98 Å². The molecule has 0 N–H and O–H groups in total. The molecule has 4 aromatic rings. The van der Waals surface area contributed by atoms with E-state index in [2.05, 4.69) is 43.0 Å². The molecule has 5 nitrogen and oxygen atoms in total. The zero-order valence-electron chi connectivity index (χ0n) is 15.3. The van der Waals surface area contributed by atoms with Crippen LogP contribution in [0.25, 0.3) is 14.8 Å². The van der Waals surface area contributed by atoms with E-state index in [0.29, 0.717) is 10.7 Å². The zero-order valence-corrected chi connectivity index (χ0v) is 16.9. The van der Waals surface area contributed by atoms with E-state index in [1.807, 2.05) is 29.6 Å². The maximum Gasteiger partial charge on any atom is 0.275 e. The first kappa shape index (κ1) is 17.9. The van der Waals surface area contributed by atoms with Gasteiger partial charge in [-0.15, -0.1) is 11.3 Å². The number of thiophene rings is 1. The Morgan fingerprint density at radius 1 is 1.15 bits per heavy atom. The van der Waals surface area contributed by atoms with Gasteiger partial charge in [-0.2, -0.15) is 9.61 Å². The molecule has 3 heterocycles. The first-order chi connectivity index (χ1) is 12.9. The second kappa shape index (κ2) is 6.90. The number of hydrogen-bond acceptors (Lipinski definition) is 6. The minimum Gasteiger partial charge on any atom is -0.487 e. The lowest BCUT2D eigenvalue weighted by Gasteiger charge is -2.19. The topological polar surface area (TPSA) is 56.5 Å².